The molecule has 0 heterocycles. The van der Waals surface area contributed by atoms with E-state index in [1.807, 2.05) is 0 Å². The van der Waals surface area contributed by atoms with Gasteiger partial charge in [-0.1, -0.05) is 0 Å². The van der Waals surface area contributed by atoms with Gasteiger partial charge in [0.05, 0.1) is 0 Å². The van der Waals surface area contributed by atoms with E-state index in [4.69, 9.17) is 34.7 Å². The van der Waals surface area contributed by atoms with E-state index < -0.39 is 11.8 Å². The number of halogens is 2. The van der Waals surface area contributed by atoms with Crippen molar-refractivity contribution < 1.29 is 9.59 Å². The second-order valence-corrected chi connectivity index (χ2v) is 5.22. The lowest BCUT2D eigenvalue weighted by atomic mass is 10.3. The Bertz CT molecular complexity index is 282. The zero-order chi connectivity index (χ0) is 16.1. The third-order valence-electron chi connectivity index (χ3n) is 3.04. The van der Waals surface area contributed by atoms with Crippen LogP contribution >= 0.6 is 23.2 Å². The van der Waals surface area contributed by atoms with Gasteiger partial charge < -0.3 is 16.4 Å². The van der Waals surface area contributed by atoms with Gasteiger partial charge in [0, 0.05) is 6.54 Å². The van der Waals surface area contributed by atoms with Gasteiger partial charge in [0.15, 0.2) is 0 Å². The summed E-state index contributed by atoms with van der Waals surface area (Å²) in [6.45, 7) is 4.18. The second-order valence-electron chi connectivity index (χ2n) is 4.69. The van der Waals surface area contributed by atoms with Crippen molar-refractivity contribution in [2.45, 2.75) is 19.3 Å². The Labute approximate surface area is 136 Å². The molecule has 124 valence electrons. The van der Waals surface area contributed by atoms with Crippen LogP contribution in [0.15, 0.2) is 0 Å². The van der Waals surface area contributed by atoms with Crippen molar-refractivity contribution in [3.05, 3.63) is 0 Å². The first kappa shape index (κ1) is 20.6. The van der Waals surface area contributed by atoms with Crippen LogP contribution in [-0.2, 0) is 9.59 Å². The Hall–Kier alpha value is -0.400. The van der Waals surface area contributed by atoms with Crippen LogP contribution in [0.3, 0.4) is 0 Å². The Balaban J connectivity index is 4.28. The van der Waals surface area contributed by atoms with Crippen LogP contribution < -0.4 is 11.5 Å². The van der Waals surface area contributed by atoms with Gasteiger partial charge in [0.2, 0.25) is 11.8 Å². The van der Waals surface area contributed by atoms with Crippen molar-refractivity contribution in [3.8, 4) is 0 Å². The highest BCUT2D eigenvalue weighted by molar-refractivity contribution is 6.31. The number of imide groups is 1. The summed E-state index contributed by atoms with van der Waals surface area (Å²) >= 11 is 11.0. The summed E-state index contributed by atoms with van der Waals surface area (Å²) in [5, 5.41) is 0. The van der Waals surface area contributed by atoms with E-state index in [2.05, 4.69) is 4.90 Å². The molecular formula is C13H26Cl2N4O2. The maximum atomic E-state index is 11.6. The Kier molecular flexibility index (Phi) is 13.0. The number of alkyl halides is 2. The van der Waals surface area contributed by atoms with Gasteiger partial charge in [-0.25, -0.2) is 0 Å². The van der Waals surface area contributed by atoms with Crippen LogP contribution in [0.4, 0.5) is 0 Å². The number of hydrogen-bond donors (Lipinski definition) is 2. The molecule has 4 N–H and O–H groups in total. The van der Waals surface area contributed by atoms with Crippen molar-refractivity contribution in [2.75, 3.05) is 51.0 Å². The van der Waals surface area contributed by atoms with Crippen LogP contribution in [0.1, 0.15) is 19.3 Å². The quantitative estimate of drug-likeness (QED) is 0.495. The summed E-state index contributed by atoms with van der Waals surface area (Å²) in [6, 6.07) is 0. The van der Waals surface area contributed by atoms with Crippen LogP contribution in [0, 0.1) is 0 Å². The Morgan fingerprint density at radius 1 is 0.762 bits per heavy atom. The summed E-state index contributed by atoms with van der Waals surface area (Å²) in [5.41, 5.74) is 11.0. The average Bonchev–Trinajstić information content (AvgIpc) is 2.51. The molecule has 0 bridgehead atoms. The van der Waals surface area contributed by atoms with Gasteiger partial charge in [0.25, 0.3) is 0 Å². The molecule has 2 amide bonds. The van der Waals surface area contributed by atoms with Crippen molar-refractivity contribution in [3.63, 3.8) is 0 Å². The highest BCUT2D eigenvalue weighted by Crippen LogP contribution is 2.01. The lowest BCUT2D eigenvalue weighted by molar-refractivity contribution is -0.141. The molecule has 8 heteroatoms. The zero-order valence-electron chi connectivity index (χ0n) is 12.4. The number of amides is 2. The third-order valence-corrected chi connectivity index (χ3v) is 3.50. The van der Waals surface area contributed by atoms with Crippen molar-refractivity contribution in [1.82, 2.24) is 9.80 Å². The fourth-order valence-corrected chi connectivity index (χ4v) is 2.24. The number of rotatable bonds is 12. The van der Waals surface area contributed by atoms with Gasteiger partial charge >= 0.3 is 0 Å². The minimum atomic E-state index is -0.405. The molecule has 0 aliphatic heterocycles. The van der Waals surface area contributed by atoms with E-state index in [0.717, 1.165) is 37.4 Å². The first-order chi connectivity index (χ1) is 10.1. The monoisotopic (exact) mass is 340 g/mol. The van der Waals surface area contributed by atoms with E-state index in [9.17, 15) is 9.59 Å². The molecule has 0 aromatic carbocycles. The van der Waals surface area contributed by atoms with Crippen LogP contribution in [0.25, 0.3) is 0 Å². The molecule has 0 saturated carbocycles. The predicted molar refractivity (Wildman–Crippen MR) is 86.6 cm³/mol. The maximum absolute atomic E-state index is 11.6. The highest BCUT2D eigenvalue weighted by atomic mass is 35.5. The predicted octanol–water partition coefficient (Wildman–Crippen LogP) is 0.209. The minimum absolute atomic E-state index is 0.216. The molecule has 0 atom stereocenters. The molecular weight excluding hydrogens is 315 g/mol. The summed E-state index contributed by atoms with van der Waals surface area (Å²) < 4.78 is 0. The van der Waals surface area contributed by atoms with Gasteiger partial charge in [-0.3, -0.25) is 14.5 Å². The molecule has 21 heavy (non-hydrogen) atoms. The SMILES string of the molecule is NCCCN(CCCN)CCCN(C(=O)CCl)C(=O)CCl. The first-order valence-electron chi connectivity index (χ1n) is 7.18. The van der Waals surface area contributed by atoms with Gasteiger partial charge in [0.1, 0.15) is 11.8 Å². The van der Waals surface area contributed by atoms with E-state index in [0.29, 0.717) is 26.1 Å². The van der Waals surface area contributed by atoms with E-state index in [1.54, 1.807) is 0 Å². The lowest BCUT2D eigenvalue weighted by Gasteiger charge is -2.24. The standard InChI is InChI=1S/C13H26Cl2N4O2/c14-10-12(20)19(13(21)11-15)9-3-8-18(6-1-4-16)7-2-5-17/h1-11,16-17H2. The van der Waals surface area contributed by atoms with Crippen LogP contribution in [-0.4, -0.2) is 72.6 Å². The number of nitrogens with zero attached hydrogens (tertiary/aromatic N) is 2. The minimum Gasteiger partial charge on any atom is -0.330 e. The Morgan fingerprint density at radius 3 is 1.57 bits per heavy atom. The zero-order valence-corrected chi connectivity index (χ0v) is 13.9. The van der Waals surface area contributed by atoms with E-state index in [1.165, 1.54) is 0 Å². The molecule has 6 nitrogen and oxygen atoms in total. The summed E-state index contributed by atoms with van der Waals surface area (Å²) in [4.78, 5) is 26.6. The number of carbonyl (C=O) groups is 2. The van der Waals surface area contributed by atoms with Crippen molar-refractivity contribution in [1.29, 1.82) is 0 Å². The summed E-state index contributed by atoms with van der Waals surface area (Å²) in [5.74, 6) is -1.24. The van der Waals surface area contributed by atoms with Crippen LogP contribution in [0.5, 0.6) is 0 Å². The lowest BCUT2D eigenvalue weighted by Crippen LogP contribution is -2.40. The normalized spacial score (nSPS) is 10.9. The number of nitrogens with two attached hydrogens (primary N) is 2. The average molecular weight is 341 g/mol. The molecule has 0 aliphatic carbocycles. The van der Waals surface area contributed by atoms with Gasteiger partial charge in [-0.05, 0) is 52.0 Å². The first-order valence-corrected chi connectivity index (χ1v) is 8.25. The van der Waals surface area contributed by atoms with Crippen LogP contribution in [0.2, 0.25) is 0 Å². The largest absolute Gasteiger partial charge is 0.330 e. The van der Waals surface area contributed by atoms with Crippen molar-refractivity contribution in [2.24, 2.45) is 11.5 Å². The molecule has 0 fully saturated rings. The van der Waals surface area contributed by atoms with Gasteiger partial charge in [-0.2, -0.15) is 0 Å². The molecule has 0 unspecified atom stereocenters. The van der Waals surface area contributed by atoms with E-state index in [-0.39, 0.29) is 11.8 Å². The molecule has 0 spiro atoms. The Morgan fingerprint density at radius 2 is 1.19 bits per heavy atom. The molecule has 0 aromatic rings. The number of hydrogen-bond acceptors (Lipinski definition) is 5. The molecule has 0 rings (SSSR count). The summed E-state index contributed by atoms with van der Waals surface area (Å²) in [6.07, 6.45) is 2.51. The highest BCUT2D eigenvalue weighted by Gasteiger charge is 2.19. The topological polar surface area (TPSA) is 92.7 Å². The fourth-order valence-electron chi connectivity index (χ4n) is 1.95. The molecule has 0 saturated heterocycles. The fraction of sp³-hybridized carbons (Fsp3) is 0.846. The maximum Gasteiger partial charge on any atom is 0.244 e. The number of carbonyl (C=O) groups excluding carboxylic acids is 2. The molecule has 0 aliphatic rings. The third kappa shape index (κ3) is 9.26. The van der Waals surface area contributed by atoms with Gasteiger partial charge in [-0.15, -0.1) is 23.2 Å². The molecule has 0 aromatic heterocycles. The second kappa shape index (κ2) is 13.3. The smallest absolute Gasteiger partial charge is 0.244 e. The summed E-state index contributed by atoms with van der Waals surface area (Å²) in [7, 11) is 0. The van der Waals surface area contributed by atoms with E-state index >= 15 is 0 Å². The van der Waals surface area contributed by atoms with Crippen molar-refractivity contribution >= 4 is 35.0 Å². The molecule has 0 radical (unpaired) electrons.